The Bertz CT molecular complexity index is 602. The van der Waals surface area contributed by atoms with Crippen molar-refractivity contribution in [3.63, 3.8) is 0 Å². The van der Waals surface area contributed by atoms with Crippen LogP contribution in [0.5, 0.6) is 0 Å². The molecule has 0 unspecified atom stereocenters. The van der Waals surface area contributed by atoms with Crippen LogP contribution >= 0.6 is 11.6 Å². The first-order chi connectivity index (χ1) is 9.16. The molecule has 6 heteroatoms. The highest BCUT2D eigenvalue weighted by molar-refractivity contribution is 6.44. The number of pyridine rings is 1. The van der Waals surface area contributed by atoms with Crippen molar-refractivity contribution in [1.29, 1.82) is 0 Å². The van der Waals surface area contributed by atoms with Crippen LogP contribution in [0.25, 0.3) is 0 Å². The summed E-state index contributed by atoms with van der Waals surface area (Å²) in [6, 6.07) is 11.9. The van der Waals surface area contributed by atoms with Gasteiger partial charge in [0.15, 0.2) is 5.15 Å². The second-order valence-electron chi connectivity index (χ2n) is 3.62. The molecule has 1 heterocycles. The summed E-state index contributed by atoms with van der Waals surface area (Å²) in [4.78, 5) is 27.1. The van der Waals surface area contributed by atoms with Crippen molar-refractivity contribution in [3.8, 4) is 0 Å². The maximum absolute atomic E-state index is 11.7. The van der Waals surface area contributed by atoms with E-state index < -0.39 is 11.8 Å². The minimum atomic E-state index is -0.807. The van der Waals surface area contributed by atoms with Gasteiger partial charge in [-0.1, -0.05) is 29.8 Å². The first-order valence-electron chi connectivity index (χ1n) is 5.45. The zero-order valence-electron chi connectivity index (χ0n) is 9.76. The van der Waals surface area contributed by atoms with E-state index >= 15 is 0 Å². The Morgan fingerprint density at radius 1 is 0.947 bits per heavy atom. The smallest absolute Gasteiger partial charge is 0.314 e. The molecule has 2 rings (SSSR count). The minimum Gasteiger partial charge on any atom is -0.318 e. The van der Waals surface area contributed by atoms with Crippen LogP contribution in [0.4, 0.5) is 11.4 Å². The monoisotopic (exact) mass is 275 g/mol. The summed E-state index contributed by atoms with van der Waals surface area (Å²) in [7, 11) is 0. The third kappa shape index (κ3) is 3.53. The average molecular weight is 276 g/mol. The standard InChI is InChI=1S/C13H10ClN3O2/c14-11-10(7-4-8-15-11)17-13(19)12(18)16-9-5-2-1-3-6-9/h1-8H,(H,16,18)(H,17,19). The number of carbonyl (C=O) groups is 2. The van der Waals surface area contributed by atoms with Crippen molar-refractivity contribution in [3.05, 3.63) is 53.8 Å². The van der Waals surface area contributed by atoms with Gasteiger partial charge in [-0.25, -0.2) is 4.98 Å². The Morgan fingerprint density at radius 2 is 1.63 bits per heavy atom. The number of anilines is 2. The second kappa shape index (κ2) is 5.97. The highest BCUT2D eigenvalue weighted by atomic mass is 35.5. The van der Waals surface area contributed by atoms with Gasteiger partial charge in [-0.3, -0.25) is 9.59 Å². The third-order valence-corrected chi connectivity index (χ3v) is 2.55. The zero-order valence-corrected chi connectivity index (χ0v) is 10.5. The zero-order chi connectivity index (χ0) is 13.7. The summed E-state index contributed by atoms with van der Waals surface area (Å²) in [5.41, 5.74) is 0.831. The molecule has 0 aliphatic rings. The molecule has 0 atom stereocenters. The average Bonchev–Trinajstić information content (AvgIpc) is 2.42. The molecule has 0 fully saturated rings. The maximum atomic E-state index is 11.7. The number of nitrogens with zero attached hydrogens (tertiary/aromatic N) is 1. The maximum Gasteiger partial charge on any atom is 0.314 e. The van der Waals surface area contributed by atoms with Crippen LogP contribution in [0.15, 0.2) is 48.7 Å². The van der Waals surface area contributed by atoms with Crippen LogP contribution in [0.1, 0.15) is 0 Å². The van der Waals surface area contributed by atoms with Crippen molar-refractivity contribution in [1.82, 2.24) is 4.98 Å². The summed E-state index contributed by atoms with van der Waals surface area (Å²) < 4.78 is 0. The molecule has 0 bridgehead atoms. The lowest BCUT2D eigenvalue weighted by atomic mass is 10.3. The van der Waals surface area contributed by atoms with Crippen molar-refractivity contribution >= 4 is 34.8 Å². The molecule has 0 aliphatic carbocycles. The topological polar surface area (TPSA) is 71.1 Å². The van der Waals surface area contributed by atoms with Gasteiger partial charge >= 0.3 is 11.8 Å². The van der Waals surface area contributed by atoms with E-state index in [1.165, 1.54) is 6.20 Å². The molecule has 5 nitrogen and oxygen atoms in total. The lowest BCUT2D eigenvalue weighted by Crippen LogP contribution is -2.29. The number of hydrogen-bond donors (Lipinski definition) is 2. The molecule has 0 saturated heterocycles. The number of nitrogens with one attached hydrogen (secondary N) is 2. The van der Waals surface area contributed by atoms with E-state index in [0.717, 1.165) is 0 Å². The minimum absolute atomic E-state index is 0.128. The van der Waals surface area contributed by atoms with Crippen LogP contribution < -0.4 is 10.6 Å². The fourth-order valence-corrected chi connectivity index (χ4v) is 1.53. The molecule has 1 aromatic carbocycles. The Morgan fingerprint density at radius 3 is 2.32 bits per heavy atom. The van der Waals surface area contributed by atoms with Gasteiger partial charge in [0, 0.05) is 11.9 Å². The van der Waals surface area contributed by atoms with Gasteiger partial charge in [-0.05, 0) is 24.3 Å². The van der Waals surface area contributed by atoms with Gasteiger partial charge in [0.05, 0.1) is 5.69 Å². The molecular formula is C13H10ClN3O2. The van der Waals surface area contributed by atoms with E-state index in [1.54, 1.807) is 36.4 Å². The normalized spacial score (nSPS) is 9.74. The van der Waals surface area contributed by atoms with Gasteiger partial charge in [0.25, 0.3) is 0 Å². The number of rotatable bonds is 2. The number of aromatic nitrogens is 1. The number of amides is 2. The highest BCUT2D eigenvalue weighted by Gasteiger charge is 2.15. The van der Waals surface area contributed by atoms with Crippen LogP contribution in [0, 0.1) is 0 Å². The van der Waals surface area contributed by atoms with E-state index in [1.807, 2.05) is 6.07 Å². The summed E-state index contributed by atoms with van der Waals surface area (Å²) in [5.74, 6) is -1.58. The molecule has 2 amide bonds. The molecule has 1 aromatic heterocycles. The van der Waals surface area contributed by atoms with Crippen LogP contribution in [-0.2, 0) is 9.59 Å². The van der Waals surface area contributed by atoms with Gasteiger partial charge in [0.1, 0.15) is 0 Å². The summed E-state index contributed by atoms with van der Waals surface area (Å²) in [6.45, 7) is 0. The molecule has 0 spiro atoms. The summed E-state index contributed by atoms with van der Waals surface area (Å²) >= 11 is 5.78. The van der Waals surface area contributed by atoms with Crippen molar-refractivity contribution in [2.24, 2.45) is 0 Å². The molecule has 19 heavy (non-hydrogen) atoms. The SMILES string of the molecule is O=C(Nc1ccccc1)C(=O)Nc1cccnc1Cl. The fourth-order valence-electron chi connectivity index (χ4n) is 1.37. The predicted molar refractivity (Wildman–Crippen MR) is 72.9 cm³/mol. The Kier molecular flexibility index (Phi) is 4.10. The summed E-state index contributed by atoms with van der Waals surface area (Å²) in [5, 5.41) is 4.98. The van der Waals surface area contributed by atoms with Crippen LogP contribution in [0.3, 0.4) is 0 Å². The second-order valence-corrected chi connectivity index (χ2v) is 3.97. The number of benzene rings is 1. The van der Waals surface area contributed by atoms with Crippen molar-refractivity contribution in [2.75, 3.05) is 10.6 Å². The van der Waals surface area contributed by atoms with E-state index in [9.17, 15) is 9.59 Å². The first kappa shape index (κ1) is 13.0. The molecular weight excluding hydrogens is 266 g/mol. The molecule has 2 N–H and O–H groups in total. The van der Waals surface area contributed by atoms with Crippen LogP contribution in [-0.4, -0.2) is 16.8 Å². The van der Waals surface area contributed by atoms with E-state index in [2.05, 4.69) is 15.6 Å². The Hall–Kier alpha value is -2.40. The molecule has 96 valence electrons. The lowest BCUT2D eigenvalue weighted by Gasteiger charge is -2.06. The highest BCUT2D eigenvalue weighted by Crippen LogP contribution is 2.17. The third-order valence-electron chi connectivity index (χ3n) is 2.25. The Labute approximate surface area is 114 Å². The predicted octanol–water partition coefficient (Wildman–Crippen LogP) is 2.31. The fraction of sp³-hybridized carbons (Fsp3) is 0. The van der Waals surface area contributed by atoms with Gasteiger partial charge in [-0.15, -0.1) is 0 Å². The van der Waals surface area contributed by atoms with E-state index in [0.29, 0.717) is 5.69 Å². The number of carbonyl (C=O) groups excluding carboxylic acids is 2. The van der Waals surface area contributed by atoms with Gasteiger partial charge in [0.2, 0.25) is 0 Å². The molecule has 2 aromatic rings. The molecule has 0 aliphatic heterocycles. The molecule has 0 radical (unpaired) electrons. The first-order valence-corrected chi connectivity index (χ1v) is 5.82. The van der Waals surface area contributed by atoms with E-state index in [-0.39, 0.29) is 10.8 Å². The van der Waals surface area contributed by atoms with E-state index in [4.69, 9.17) is 11.6 Å². The Balaban J connectivity index is 2.01. The van der Waals surface area contributed by atoms with Gasteiger partial charge in [-0.2, -0.15) is 0 Å². The van der Waals surface area contributed by atoms with Crippen molar-refractivity contribution < 1.29 is 9.59 Å². The lowest BCUT2D eigenvalue weighted by molar-refractivity contribution is -0.132. The largest absolute Gasteiger partial charge is 0.318 e. The number of hydrogen-bond acceptors (Lipinski definition) is 3. The summed E-state index contributed by atoms with van der Waals surface area (Å²) in [6.07, 6.45) is 1.49. The molecule has 0 saturated carbocycles. The number of para-hydroxylation sites is 1. The van der Waals surface area contributed by atoms with Gasteiger partial charge < -0.3 is 10.6 Å². The van der Waals surface area contributed by atoms with Crippen molar-refractivity contribution in [2.45, 2.75) is 0 Å². The number of halogens is 1. The quantitative estimate of drug-likeness (QED) is 0.653. The van der Waals surface area contributed by atoms with Crippen LogP contribution in [0.2, 0.25) is 5.15 Å².